The van der Waals surface area contributed by atoms with E-state index < -0.39 is 0 Å². The molecule has 0 unspecified atom stereocenters. The molecule has 5 heteroatoms. The molecule has 3 rings (SSSR count). The number of hydrogen-bond acceptors (Lipinski definition) is 3. The van der Waals surface area contributed by atoms with Crippen LogP contribution in [0.1, 0.15) is 57.7 Å². The minimum Gasteiger partial charge on any atom is -0.351 e. The Labute approximate surface area is 163 Å². The Morgan fingerprint density at radius 3 is 2.65 bits per heavy atom. The molecule has 3 aliphatic rings. The first-order valence-corrected chi connectivity index (χ1v) is 10.0. The number of allylic oxidation sites excluding steroid dienone is 4. The van der Waals surface area contributed by atoms with E-state index in [4.69, 9.17) is 5.73 Å². The second-order valence-electron chi connectivity index (χ2n) is 6.35. The number of rotatable bonds is 4. The van der Waals surface area contributed by atoms with Crippen LogP contribution in [0.15, 0.2) is 40.1 Å². The van der Waals surface area contributed by atoms with Crippen LogP contribution in [-0.4, -0.2) is 43.3 Å². The molecular weight excluding hydrogens is 324 g/mol. The fourth-order valence-electron chi connectivity index (χ4n) is 3.28. The molecule has 0 saturated carbocycles. The molecule has 0 aromatic rings. The molecule has 152 valence electrons. The normalized spacial score (nSPS) is 20.3. The Hall–Kier alpha value is -1.88. The van der Waals surface area contributed by atoms with E-state index in [-0.39, 0.29) is 10.3 Å². The minimum absolute atomic E-state index is 0. The number of primary amides is 1. The van der Waals surface area contributed by atoms with Crippen LogP contribution >= 0.6 is 0 Å². The predicted molar refractivity (Wildman–Crippen MR) is 118 cm³/mol. The van der Waals surface area contributed by atoms with E-state index in [1.807, 2.05) is 27.7 Å². The highest BCUT2D eigenvalue weighted by Gasteiger charge is 2.20. The number of carbonyl (C=O) groups excluding carboxylic acids is 1. The molecule has 1 fully saturated rings. The fraction of sp³-hybridized carbons (Fsp3) is 0.619. The molecule has 0 bridgehead atoms. The quantitative estimate of drug-likeness (QED) is 0.752. The highest BCUT2D eigenvalue weighted by atomic mass is 16.2. The summed E-state index contributed by atoms with van der Waals surface area (Å²) >= 11 is 0. The van der Waals surface area contributed by atoms with E-state index in [2.05, 4.69) is 34.8 Å². The molecule has 0 radical (unpaired) electrons. The van der Waals surface area contributed by atoms with Crippen LogP contribution in [0.2, 0.25) is 0 Å². The van der Waals surface area contributed by atoms with Crippen molar-refractivity contribution in [1.82, 2.24) is 10.2 Å². The van der Waals surface area contributed by atoms with Crippen molar-refractivity contribution < 1.29 is 9.07 Å². The summed E-state index contributed by atoms with van der Waals surface area (Å²) in [7, 11) is 0. The molecule has 1 saturated heterocycles. The summed E-state index contributed by atoms with van der Waals surface area (Å²) in [5.74, 6) is 0.803. The molecule has 2 aliphatic heterocycles. The van der Waals surface area contributed by atoms with Gasteiger partial charge in [-0.25, -0.2) is 4.79 Å². The Kier molecular flexibility index (Phi) is 10.6. The largest absolute Gasteiger partial charge is 0.351 e. The van der Waals surface area contributed by atoms with E-state index in [0.29, 0.717) is 13.1 Å². The summed E-state index contributed by atoms with van der Waals surface area (Å²) in [5, 5.41) is 3.48. The summed E-state index contributed by atoms with van der Waals surface area (Å²) < 4.78 is 0. The third-order valence-electron chi connectivity index (χ3n) is 4.70. The lowest BCUT2D eigenvalue weighted by atomic mass is 9.90. The number of fused-ring (bicyclic) bond motifs is 1. The van der Waals surface area contributed by atoms with Gasteiger partial charge in [0.2, 0.25) is 0 Å². The molecule has 0 aromatic heterocycles. The van der Waals surface area contributed by atoms with Crippen molar-refractivity contribution in [3.8, 4) is 0 Å². The number of nitrogens with zero attached hydrogens (tertiary/aromatic N) is 2. The number of hydrogen-bond donors (Lipinski definition) is 2. The van der Waals surface area contributed by atoms with Gasteiger partial charge in [0.05, 0.1) is 5.70 Å². The summed E-state index contributed by atoms with van der Waals surface area (Å²) in [6.07, 6.45) is 13.7. The average Bonchev–Trinajstić information content (AvgIpc) is 3.09. The minimum atomic E-state index is -0.338. The van der Waals surface area contributed by atoms with Crippen LogP contribution in [0.4, 0.5) is 4.79 Å². The van der Waals surface area contributed by atoms with Gasteiger partial charge in [-0.2, -0.15) is 0 Å². The van der Waals surface area contributed by atoms with Crippen molar-refractivity contribution >= 4 is 12.2 Å². The van der Waals surface area contributed by atoms with E-state index >= 15 is 0 Å². The van der Waals surface area contributed by atoms with Gasteiger partial charge in [-0.15, -0.1) is 0 Å². The third-order valence-corrected chi connectivity index (χ3v) is 4.70. The van der Waals surface area contributed by atoms with Crippen molar-refractivity contribution in [1.29, 1.82) is 0 Å². The van der Waals surface area contributed by atoms with Crippen LogP contribution in [0, 0.1) is 5.92 Å². The van der Waals surface area contributed by atoms with Gasteiger partial charge in [-0.3, -0.25) is 4.99 Å². The van der Waals surface area contributed by atoms with E-state index in [1.165, 1.54) is 49.2 Å². The number of aliphatic imine (C=N–C) groups is 1. The van der Waals surface area contributed by atoms with E-state index in [1.54, 1.807) is 4.90 Å². The number of nitrogens with two attached hydrogens (primary N) is 1. The number of piperidine rings is 1. The van der Waals surface area contributed by atoms with Crippen molar-refractivity contribution in [2.24, 2.45) is 16.6 Å². The van der Waals surface area contributed by atoms with Gasteiger partial charge in [0, 0.05) is 29.2 Å². The van der Waals surface area contributed by atoms with Crippen LogP contribution in [0.5, 0.6) is 0 Å². The van der Waals surface area contributed by atoms with Crippen LogP contribution in [0.3, 0.4) is 0 Å². The van der Waals surface area contributed by atoms with Crippen molar-refractivity contribution in [3.05, 3.63) is 35.1 Å². The van der Waals surface area contributed by atoms with Crippen LogP contribution in [0.25, 0.3) is 0 Å². The van der Waals surface area contributed by atoms with Crippen molar-refractivity contribution in [2.75, 3.05) is 26.2 Å². The summed E-state index contributed by atoms with van der Waals surface area (Å²) in [6.45, 7) is 11.6. The smallest absolute Gasteiger partial charge is 0.314 e. The summed E-state index contributed by atoms with van der Waals surface area (Å²) in [4.78, 5) is 16.4. The maximum Gasteiger partial charge on any atom is 0.314 e. The molecule has 1 atom stereocenters. The van der Waals surface area contributed by atoms with Crippen molar-refractivity contribution in [3.63, 3.8) is 0 Å². The SMILES string of the molecule is C1=CC2=C(C[C@@H]3CCCNC3)C=NC2=CC1.CC.CCN(CC)C(N)=O.[HH].[HH].[HH]. The third kappa shape index (κ3) is 6.79. The second-order valence-corrected chi connectivity index (χ2v) is 6.35. The van der Waals surface area contributed by atoms with Gasteiger partial charge in [0.15, 0.2) is 0 Å². The first-order valence-electron chi connectivity index (χ1n) is 10.0. The lowest BCUT2D eigenvalue weighted by Crippen LogP contribution is -2.35. The number of urea groups is 1. The first kappa shape index (κ1) is 22.2. The Balaban J connectivity index is -0.000000456. The first-order chi connectivity index (χ1) is 12.7. The topological polar surface area (TPSA) is 70.7 Å². The highest BCUT2D eigenvalue weighted by Crippen LogP contribution is 2.31. The molecule has 1 aliphatic carbocycles. The number of carbonyl (C=O) groups is 1. The van der Waals surface area contributed by atoms with Gasteiger partial charge in [-0.05, 0) is 64.1 Å². The van der Waals surface area contributed by atoms with Crippen LogP contribution in [-0.2, 0) is 0 Å². The molecule has 26 heavy (non-hydrogen) atoms. The Morgan fingerprint density at radius 1 is 1.38 bits per heavy atom. The lowest BCUT2D eigenvalue weighted by molar-refractivity contribution is 0.213. The van der Waals surface area contributed by atoms with E-state index in [0.717, 1.165) is 12.3 Å². The maximum atomic E-state index is 10.3. The molecule has 0 aromatic carbocycles. The fourth-order valence-corrected chi connectivity index (χ4v) is 3.28. The van der Waals surface area contributed by atoms with Gasteiger partial charge in [0.25, 0.3) is 0 Å². The van der Waals surface area contributed by atoms with Gasteiger partial charge < -0.3 is 16.0 Å². The summed E-state index contributed by atoms with van der Waals surface area (Å²) in [6, 6.07) is -0.338. The zero-order valence-corrected chi connectivity index (χ0v) is 16.9. The zero-order valence-electron chi connectivity index (χ0n) is 16.9. The van der Waals surface area contributed by atoms with Gasteiger partial charge in [-0.1, -0.05) is 32.1 Å². The Morgan fingerprint density at radius 2 is 2.12 bits per heavy atom. The standard InChI is InChI=1S/C14H18N2.C5H12N2O.C2H6.3H2/c1-2-6-14-13(5-1)12(10-16-14)8-11-4-3-7-15-9-11;1-3-7(4-2)5(6)8;1-2;;;/h1,5-6,10-11,15H,2-4,7-9H2;3-4H2,1-2H3,(H2,6,8);1-2H3;3*1H/t11-;;;;;/m0...../s1. The molecule has 3 N–H and O–H groups in total. The monoisotopic (exact) mass is 366 g/mol. The van der Waals surface area contributed by atoms with Gasteiger partial charge >= 0.3 is 6.03 Å². The molecular formula is C21H42N4O. The van der Waals surface area contributed by atoms with Crippen molar-refractivity contribution in [2.45, 2.75) is 53.4 Å². The molecule has 2 heterocycles. The van der Waals surface area contributed by atoms with Crippen LogP contribution < -0.4 is 11.1 Å². The predicted octanol–water partition coefficient (Wildman–Crippen LogP) is 4.77. The van der Waals surface area contributed by atoms with Gasteiger partial charge in [0.1, 0.15) is 0 Å². The number of nitrogens with one attached hydrogen (secondary N) is 1. The highest BCUT2D eigenvalue weighted by molar-refractivity contribution is 5.87. The maximum absolute atomic E-state index is 10.3. The zero-order chi connectivity index (χ0) is 19.4. The molecule has 5 nitrogen and oxygen atoms in total. The Bertz CT molecular complexity index is 564. The molecule has 0 spiro atoms. The lowest BCUT2D eigenvalue weighted by Gasteiger charge is -2.23. The average molecular weight is 367 g/mol. The second kappa shape index (κ2) is 12.5. The number of amides is 2. The summed E-state index contributed by atoms with van der Waals surface area (Å²) in [5.41, 5.74) is 8.95. The molecule has 2 amide bonds. The van der Waals surface area contributed by atoms with E-state index in [9.17, 15) is 4.79 Å².